The fourth-order valence-corrected chi connectivity index (χ4v) is 4.42. The molecule has 112 valence electrons. The van der Waals surface area contributed by atoms with E-state index in [-0.39, 0.29) is 0 Å². The summed E-state index contributed by atoms with van der Waals surface area (Å²) in [6, 6.07) is 15.7. The number of likely N-dealkylation sites (tertiary alicyclic amines) is 1. The van der Waals surface area contributed by atoms with Crippen molar-refractivity contribution < 1.29 is 0 Å². The summed E-state index contributed by atoms with van der Waals surface area (Å²) in [5, 5.41) is 3.64. The first-order valence-electron chi connectivity index (χ1n) is 7.57. The highest BCUT2D eigenvalue weighted by Crippen LogP contribution is 2.25. The molecule has 2 nitrogen and oxygen atoms in total. The molecule has 1 unspecified atom stereocenters. The minimum Gasteiger partial charge on any atom is -0.310 e. The van der Waals surface area contributed by atoms with Crippen LogP contribution in [0.4, 0.5) is 0 Å². The molecule has 1 aromatic carbocycles. The normalized spacial score (nSPS) is 17.2. The fourth-order valence-electron chi connectivity index (χ4n) is 2.97. The van der Waals surface area contributed by atoms with Crippen molar-refractivity contribution in [1.29, 1.82) is 0 Å². The Hall–Kier alpha value is -0.680. The number of thiophene rings is 1. The van der Waals surface area contributed by atoms with Gasteiger partial charge in [-0.1, -0.05) is 30.3 Å². The van der Waals surface area contributed by atoms with Gasteiger partial charge in [0.05, 0.1) is 3.79 Å². The maximum Gasteiger partial charge on any atom is 0.0701 e. The Bertz CT molecular complexity index is 549. The summed E-state index contributed by atoms with van der Waals surface area (Å²) in [5.74, 6) is 0. The van der Waals surface area contributed by atoms with Crippen LogP contribution < -0.4 is 5.32 Å². The van der Waals surface area contributed by atoms with Gasteiger partial charge in [-0.05, 0) is 59.6 Å². The highest BCUT2D eigenvalue weighted by atomic mass is 79.9. The minimum atomic E-state index is 0.497. The molecule has 2 aromatic rings. The molecule has 1 atom stereocenters. The van der Waals surface area contributed by atoms with Crippen LogP contribution in [0.2, 0.25) is 0 Å². The average Bonchev–Trinajstić information content (AvgIpc) is 3.16. The molecule has 0 bridgehead atoms. The Morgan fingerprint density at radius 3 is 2.52 bits per heavy atom. The van der Waals surface area contributed by atoms with Crippen molar-refractivity contribution in [3.05, 3.63) is 56.7 Å². The first-order valence-corrected chi connectivity index (χ1v) is 9.18. The zero-order chi connectivity index (χ0) is 14.5. The molecule has 1 fully saturated rings. The second-order valence-corrected chi connectivity index (χ2v) is 8.05. The molecule has 1 saturated heterocycles. The molecule has 21 heavy (non-hydrogen) atoms. The SMILES string of the molecule is Brc1ccc(CNCC(c2ccccc2)N2CCCC2)s1. The summed E-state index contributed by atoms with van der Waals surface area (Å²) in [5.41, 5.74) is 1.43. The van der Waals surface area contributed by atoms with Crippen molar-refractivity contribution in [3.8, 4) is 0 Å². The van der Waals surface area contributed by atoms with Crippen LogP contribution in [0.3, 0.4) is 0 Å². The lowest BCUT2D eigenvalue weighted by Crippen LogP contribution is -2.33. The summed E-state index contributed by atoms with van der Waals surface area (Å²) in [6.07, 6.45) is 2.67. The topological polar surface area (TPSA) is 15.3 Å². The predicted octanol–water partition coefficient (Wildman–Crippen LogP) is 4.44. The Labute approximate surface area is 139 Å². The highest BCUT2D eigenvalue weighted by Gasteiger charge is 2.22. The van der Waals surface area contributed by atoms with Gasteiger partial charge < -0.3 is 5.32 Å². The van der Waals surface area contributed by atoms with Gasteiger partial charge in [0, 0.05) is 24.0 Å². The highest BCUT2D eigenvalue weighted by molar-refractivity contribution is 9.11. The van der Waals surface area contributed by atoms with Gasteiger partial charge in [-0.15, -0.1) is 11.3 Å². The van der Waals surface area contributed by atoms with Crippen LogP contribution in [-0.2, 0) is 6.54 Å². The van der Waals surface area contributed by atoms with Crippen molar-refractivity contribution in [3.63, 3.8) is 0 Å². The summed E-state index contributed by atoms with van der Waals surface area (Å²) in [4.78, 5) is 4.00. The quantitative estimate of drug-likeness (QED) is 0.814. The van der Waals surface area contributed by atoms with Crippen molar-refractivity contribution in [2.75, 3.05) is 19.6 Å². The van der Waals surface area contributed by atoms with Crippen LogP contribution in [0, 0.1) is 0 Å². The molecule has 4 heteroatoms. The number of halogens is 1. The molecule has 3 rings (SSSR count). The summed E-state index contributed by atoms with van der Waals surface area (Å²) in [7, 11) is 0. The molecular weight excluding hydrogens is 344 g/mol. The standard InChI is InChI=1S/C17H21BrN2S/c18-17-9-8-15(21-17)12-19-13-16(20-10-4-5-11-20)14-6-2-1-3-7-14/h1-3,6-9,16,19H,4-5,10-13H2. The second kappa shape index (κ2) is 7.54. The predicted molar refractivity (Wildman–Crippen MR) is 93.7 cm³/mol. The number of nitrogens with zero attached hydrogens (tertiary/aromatic N) is 1. The second-order valence-electron chi connectivity index (χ2n) is 5.51. The molecule has 0 aliphatic carbocycles. The first-order chi connectivity index (χ1) is 10.3. The number of nitrogens with one attached hydrogen (secondary N) is 1. The minimum absolute atomic E-state index is 0.497. The van der Waals surface area contributed by atoms with Gasteiger partial charge in [0.2, 0.25) is 0 Å². The van der Waals surface area contributed by atoms with E-state index in [0.717, 1.165) is 13.1 Å². The van der Waals surface area contributed by atoms with Crippen LogP contribution in [0.5, 0.6) is 0 Å². The van der Waals surface area contributed by atoms with E-state index < -0.39 is 0 Å². The molecule has 0 saturated carbocycles. The van der Waals surface area contributed by atoms with Crippen LogP contribution in [0.25, 0.3) is 0 Å². The maximum atomic E-state index is 3.64. The number of benzene rings is 1. The molecule has 1 aromatic heterocycles. The summed E-state index contributed by atoms with van der Waals surface area (Å²) >= 11 is 5.33. The van der Waals surface area contributed by atoms with Crippen molar-refractivity contribution in [1.82, 2.24) is 10.2 Å². The molecule has 1 aliphatic heterocycles. The third-order valence-electron chi connectivity index (χ3n) is 4.03. The smallest absolute Gasteiger partial charge is 0.0701 e. The van der Waals surface area contributed by atoms with Gasteiger partial charge in [-0.25, -0.2) is 0 Å². The Morgan fingerprint density at radius 1 is 1.10 bits per heavy atom. The van der Waals surface area contributed by atoms with Crippen LogP contribution in [0.15, 0.2) is 46.3 Å². The van der Waals surface area contributed by atoms with E-state index in [0.29, 0.717) is 6.04 Å². The van der Waals surface area contributed by atoms with Crippen molar-refractivity contribution in [2.24, 2.45) is 0 Å². The fraction of sp³-hybridized carbons (Fsp3) is 0.412. The monoisotopic (exact) mass is 364 g/mol. The zero-order valence-electron chi connectivity index (χ0n) is 12.1. The van der Waals surface area contributed by atoms with Gasteiger partial charge in [-0.2, -0.15) is 0 Å². The van der Waals surface area contributed by atoms with E-state index in [9.17, 15) is 0 Å². The molecule has 0 amide bonds. The van der Waals surface area contributed by atoms with Gasteiger partial charge >= 0.3 is 0 Å². The first kappa shape index (κ1) is 15.2. The van der Waals surface area contributed by atoms with E-state index in [2.05, 4.69) is 68.6 Å². The van der Waals surface area contributed by atoms with Crippen LogP contribution in [-0.4, -0.2) is 24.5 Å². The van der Waals surface area contributed by atoms with Crippen LogP contribution in [0.1, 0.15) is 29.3 Å². The largest absolute Gasteiger partial charge is 0.310 e. The van der Waals surface area contributed by atoms with Gasteiger partial charge in [0.1, 0.15) is 0 Å². The van der Waals surface area contributed by atoms with E-state index in [4.69, 9.17) is 0 Å². The van der Waals surface area contributed by atoms with Crippen molar-refractivity contribution >= 4 is 27.3 Å². The lowest BCUT2D eigenvalue weighted by molar-refractivity contribution is 0.238. The van der Waals surface area contributed by atoms with E-state index >= 15 is 0 Å². The molecular formula is C17H21BrN2S. The molecule has 1 aliphatic rings. The van der Waals surface area contributed by atoms with E-state index in [1.807, 2.05) is 11.3 Å². The third-order valence-corrected chi connectivity index (χ3v) is 5.66. The molecule has 0 radical (unpaired) electrons. The molecule has 2 heterocycles. The van der Waals surface area contributed by atoms with Crippen LogP contribution >= 0.6 is 27.3 Å². The average molecular weight is 365 g/mol. The molecule has 1 N–H and O–H groups in total. The van der Waals surface area contributed by atoms with Gasteiger partial charge in [0.25, 0.3) is 0 Å². The third kappa shape index (κ3) is 4.16. The Balaban J connectivity index is 1.62. The van der Waals surface area contributed by atoms with Crippen molar-refractivity contribution in [2.45, 2.75) is 25.4 Å². The Morgan fingerprint density at radius 2 is 1.86 bits per heavy atom. The summed E-state index contributed by atoms with van der Waals surface area (Å²) < 4.78 is 1.21. The number of hydrogen-bond donors (Lipinski definition) is 1. The van der Waals surface area contributed by atoms with E-state index in [1.165, 1.54) is 40.2 Å². The number of hydrogen-bond acceptors (Lipinski definition) is 3. The van der Waals surface area contributed by atoms with Gasteiger partial charge in [0.15, 0.2) is 0 Å². The lowest BCUT2D eigenvalue weighted by Gasteiger charge is -2.28. The lowest BCUT2D eigenvalue weighted by atomic mass is 10.1. The summed E-state index contributed by atoms with van der Waals surface area (Å²) in [6.45, 7) is 4.42. The zero-order valence-corrected chi connectivity index (χ0v) is 14.5. The Kier molecular flexibility index (Phi) is 5.47. The van der Waals surface area contributed by atoms with Gasteiger partial charge in [-0.3, -0.25) is 4.90 Å². The van der Waals surface area contributed by atoms with E-state index in [1.54, 1.807) is 0 Å². The molecule has 0 spiro atoms. The number of rotatable bonds is 6. The maximum absolute atomic E-state index is 3.64.